The number of halogens is 1. The summed E-state index contributed by atoms with van der Waals surface area (Å²) in [5.41, 5.74) is 16.1. The van der Waals surface area contributed by atoms with Crippen LogP contribution in [0.3, 0.4) is 0 Å². The summed E-state index contributed by atoms with van der Waals surface area (Å²) >= 11 is 0. The first kappa shape index (κ1) is 20.0. The number of benzene rings is 2. The minimum Gasteiger partial charge on any atom is -0.370 e. The molecule has 0 spiro atoms. The summed E-state index contributed by atoms with van der Waals surface area (Å²) in [5, 5.41) is 9.93. The summed E-state index contributed by atoms with van der Waals surface area (Å²) in [6.45, 7) is 3.91. The van der Waals surface area contributed by atoms with Gasteiger partial charge in [0.25, 0.3) is 5.91 Å². The molecule has 140 valence electrons. The van der Waals surface area contributed by atoms with E-state index >= 15 is 0 Å². The third-order valence-electron chi connectivity index (χ3n) is 3.96. The predicted molar refractivity (Wildman–Crippen MR) is 111 cm³/mol. The number of hydrogen-bond acceptors (Lipinski definition) is 3. The van der Waals surface area contributed by atoms with Gasteiger partial charge < -0.3 is 16.8 Å². The number of carbonyl (C=O) groups excluding carboxylic acids is 1. The average Bonchev–Trinajstić information content (AvgIpc) is 3.08. The van der Waals surface area contributed by atoms with Gasteiger partial charge in [-0.25, -0.2) is 4.99 Å². The molecular weight excluding hydrogens is 364 g/mol. The molecule has 0 aliphatic carbocycles. The number of para-hydroxylation sites is 1. The van der Waals surface area contributed by atoms with Crippen molar-refractivity contribution in [2.75, 3.05) is 5.32 Å². The number of nitrogens with zero attached hydrogens (tertiary/aromatic N) is 2. The maximum atomic E-state index is 12.5. The van der Waals surface area contributed by atoms with E-state index in [0.29, 0.717) is 17.1 Å². The summed E-state index contributed by atoms with van der Waals surface area (Å²) in [6, 6.07) is 14.8. The second-order valence-corrected chi connectivity index (χ2v) is 5.97. The number of hydrogen-bond donors (Lipinski definition) is 4. The lowest BCUT2D eigenvalue weighted by atomic mass is 10.1. The van der Waals surface area contributed by atoms with Gasteiger partial charge in [-0.05, 0) is 43.2 Å². The van der Waals surface area contributed by atoms with E-state index in [1.54, 1.807) is 18.2 Å². The number of aliphatic imine (C=N–C) groups is 1. The van der Waals surface area contributed by atoms with E-state index in [0.717, 1.165) is 22.4 Å². The number of aryl methyl sites for hydroxylation is 2. The first-order valence-corrected chi connectivity index (χ1v) is 8.07. The Morgan fingerprint density at radius 3 is 2.30 bits per heavy atom. The molecule has 7 nitrogen and oxygen atoms in total. The minimum absolute atomic E-state index is 0. The molecule has 0 aliphatic heterocycles. The van der Waals surface area contributed by atoms with Gasteiger partial charge >= 0.3 is 0 Å². The van der Waals surface area contributed by atoms with Gasteiger partial charge in [-0.3, -0.25) is 9.89 Å². The number of amides is 1. The number of aromatic amines is 1. The van der Waals surface area contributed by atoms with Crippen LogP contribution in [0.25, 0.3) is 11.3 Å². The second kappa shape index (κ2) is 8.37. The first-order valence-electron chi connectivity index (χ1n) is 8.07. The zero-order chi connectivity index (χ0) is 18.7. The summed E-state index contributed by atoms with van der Waals surface area (Å²) in [6.07, 6.45) is 0. The summed E-state index contributed by atoms with van der Waals surface area (Å²) in [5.74, 6) is -0.235. The van der Waals surface area contributed by atoms with E-state index < -0.39 is 0 Å². The Morgan fingerprint density at radius 2 is 1.70 bits per heavy atom. The molecule has 1 heterocycles. The van der Waals surface area contributed by atoms with Gasteiger partial charge in [0.1, 0.15) is 5.69 Å². The van der Waals surface area contributed by atoms with Gasteiger partial charge in [-0.2, -0.15) is 5.10 Å². The maximum absolute atomic E-state index is 12.5. The molecule has 8 heteroatoms. The number of nitrogens with one attached hydrogen (secondary N) is 2. The highest BCUT2D eigenvalue weighted by molar-refractivity contribution is 6.04. The largest absolute Gasteiger partial charge is 0.370 e. The van der Waals surface area contributed by atoms with E-state index in [4.69, 9.17) is 11.5 Å². The molecule has 0 atom stereocenters. The Labute approximate surface area is 163 Å². The molecule has 0 unspecified atom stereocenters. The topological polar surface area (TPSA) is 122 Å². The Balaban J connectivity index is 0.00000261. The van der Waals surface area contributed by atoms with Gasteiger partial charge in [0.2, 0.25) is 0 Å². The number of carbonyl (C=O) groups is 1. The molecule has 0 saturated heterocycles. The van der Waals surface area contributed by atoms with Gasteiger partial charge in [0.05, 0.1) is 11.4 Å². The highest BCUT2D eigenvalue weighted by Crippen LogP contribution is 2.23. The van der Waals surface area contributed by atoms with Crippen LogP contribution < -0.4 is 16.8 Å². The number of H-pyrrole nitrogens is 1. The lowest BCUT2D eigenvalue weighted by Gasteiger charge is -2.10. The van der Waals surface area contributed by atoms with Crippen molar-refractivity contribution in [1.29, 1.82) is 0 Å². The van der Waals surface area contributed by atoms with Crippen molar-refractivity contribution < 1.29 is 4.79 Å². The van der Waals surface area contributed by atoms with Gasteiger partial charge in [-0.15, -0.1) is 12.4 Å². The van der Waals surface area contributed by atoms with Crippen LogP contribution in [0, 0.1) is 13.8 Å². The number of anilines is 1. The Morgan fingerprint density at radius 1 is 1.07 bits per heavy atom. The Kier molecular flexibility index (Phi) is 6.20. The Bertz CT molecular complexity index is 954. The third-order valence-corrected chi connectivity index (χ3v) is 3.96. The fourth-order valence-corrected chi connectivity index (χ4v) is 2.63. The molecule has 27 heavy (non-hydrogen) atoms. The quantitative estimate of drug-likeness (QED) is 0.407. The van der Waals surface area contributed by atoms with Gasteiger partial charge in [0.15, 0.2) is 5.96 Å². The van der Waals surface area contributed by atoms with E-state index in [-0.39, 0.29) is 24.3 Å². The van der Waals surface area contributed by atoms with Gasteiger partial charge in [0, 0.05) is 11.3 Å². The normalized spacial score (nSPS) is 10.0. The number of rotatable bonds is 4. The molecule has 0 fully saturated rings. The van der Waals surface area contributed by atoms with Crippen molar-refractivity contribution in [3.8, 4) is 11.3 Å². The van der Waals surface area contributed by atoms with Crippen LogP contribution in [0.15, 0.2) is 53.5 Å². The number of aromatic nitrogens is 2. The summed E-state index contributed by atoms with van der Waals surface area (Å²) in [4.78, 5) is 16.5. The van der Waals surface area contributed by atoms with Crippen LogP contribution in [0.5, 0.6) is 0 Å². The SMILES string of the molecule is Cc1cccc(C)c1NC(=O)c1cc(-c2ccc(N=C(N)N)cc2)n[nH]1.Cl. The molecule has 1 amide bonds. The summed E-state index contributed by atoms with van der Waals surface area (Å²) in [7, 11) is 0. The zero-order valence-electron chi connectivity index (χ0n) is 15.0. The molecule has 2 aromatic carbocycles. The predicted octanol–water partition coefficient (Wildman–Crippen LogP) is 3.27. The molecule has 1 aromatic heterocycles. The van der Waals surface area contributed by atoms with E-state index in [1.807, 2.05) is 44.2 Å². The third kappa shape index (κ3) is 4.65. The number of nitrogens with two attached hydrogens (primary N) is 2. The second-order valence-electron chi connectivity index (χ2n) is 5.97. The van der Waals surface area contributed by atoms with Crippen molar-refractivity contribution in [3.63, 3.8) is 0 Å². The number of guanidine groups is 1. The van der Waals surface area contributed by atoms with Crippen molar-refractivity contribution in [2.24, 2.45) is 16.5 Å². The molecule has 0 radical (unpaired) electrons. The molecule has 0 bridgehead atoms. The van der Waals surface area contributed by atoms with Crippen LogP contribution in [0.1, 0.15) is 21.6 Å². The molecule has 0 aliphatic rings. The van der Waals surface area contributed by atoms with E-state index in [9.17, 15) is 4.79 Å². The standard InChI is InChI=1S/C19H20N6O.ClH/c1-11-4-3-5-12(2)17(11)23-18(26)16-10-15(24-25-16)13-6-8-14(9-7-13)22-19(20)21;/h3-10H,1-2H3,(H,23,26)(H,24,25)(H4,20,21,22);1H. The molecule has 6 N–H and O–H groups in total. The molecule has 3 aromatic rings. The van der Waals surface area contributed by atoms with E-state index in [2.05, 4.69) is 20.5 Å². The monoisotopic (exact) mass is 384 g/mol. The lowest BCUT2D eigenvalue weighted by molar-refractivity contribution is 0.102. The maximum Gasteiger partial charge on any atom is 0.273 e. The average molecular weight is 385 g/mol. The van der Waals surface area contributed by atoms with Gasteiger partial charge in [-0.1, -0.05) is 30.3 Å². The van der Waals surface area contributed by atoms with E-state index in [1.165, 1.54) is 0 Å². The molecular formula is C19H21ClN6O. The van der Waals surface area contributed by atoms with Crippen molar-refractivity contribution in [1.82, 2.24) is 10.2 Å². The van der Waals surface area contributed by atoms with Crippen LogP contribution in [0.4, 0.5) is 11.4 Å². The van der Waals surface area contributed by atoms with Crippen molar-refractivity contribution in [3.05, 3.63) is 65.4 Å². The fourth-order valence-electron chi connectivity index (χ4n) is 2.63. The summed E-state index contributed by atoms with van der Waals surface area (Å²) < 4.78 is 0. The van der Waals surface area contributed by atoms with Crippen molar-refractivity contribution in [2.45, 2.75) is 13.8 Å². The fraction of sp³-hybridized carbons (Fsp3) is 0.105. The molecule has 0 saturated carbocycles. The Hall–Kier alpha value is -3.32. The highest BCUT2D eigenvalue weighted by Gasteiger charge is 2.13. The van der Waals surface area contributed by atoms with Crippen LogP contribution in [0.2, 0.25) is 0 Å². The van der Waals surface area contributed by atoms with Crippen LogP contribution in [-0.4, -0.2) is 22.1 Å². The first-order chi connectivity index (χ1) is 12.4. The smallest absolute Gasteiger partial charge is 0.273 e. The minimum atomic E-state index is -0.238. The van der Waals surface area contributed by atoms with Crippen LogP contribution in [-0.2, 0) is 0 Å². The lowest BCUT2D eigenvalue weighted by Crippen LogP contribution is -2.21. The van der Waals surface area contributed by atoms with Crippen molar-refractivity contribution >= 4 is 35.6 Å². The highest BCUT2D eigenvalue weighted by atomic mass is 35.5. The zero-order valence-corrected chi connectivity index (χ0v) is 15.8. The molecule has 3 rings (SSSR count). The van der Waals surface area contributed by atoms with Crippen LogP contribution >= 0.6 is 12.4 Å².